The molecule has 2 aromatic rings. The molecule has 0 aliphatic carbocycles. The molecule has 1 aliphatic rings. The van der Waals surface area contributed by atoms with Crippen molar-refractivity contribution in [2.24, 2.45) is 5.92 Å². The van der Waals surface area contributed by atoms with Crippen molar-refractivity contribution in [1.82, 2.24) is 15.2 Å². The number of rotatable bonds is 6. The molecule has 26 heavy (non-hydrogen) atoms. The van der Waals surface area contributed by atoms with Gasteiger partial charge in [0.25, 0.3) is 0 Å². The molecule has 0 saturated carbocycles. The maximum absolute atomic E-state index is 12.7. The molecule has 1 amide bonds. The Bertz CT molecular complexity index is 856. The average Bonchev–Trinajstić information content (AvgIpc) is 2.87. The van der Waals surface area contributed by atoms with E-state index in [9.17, 15) is 4.79 Å². The van der Waals surface area contributed by atoms with E-state index >= 15 is 0 Å². The van der Waals surface area contributed by atoms with E-state index in [1.807, 2.05) is 6.08 Å². The highest BCUT2D eigenvalue weighted by Gasteiger charge is 2.30. The van der Waals surface area contributed by atoms with Crippen LogP contribution in [0.2, 0.25) is 0 Å². The average molecular weight is 349 g/mol. The molecule has 136 valence electrons. The second-order valence-corrected chi connectivity index (χ2v) is 7.36. The molecule has 1 aromatic carbocycles. The number of hydrogen-bond acceptors (Lipinski definition) is 2. The minimum Gasteiger partial charge on any atom is -0.344 e. The summed E-state index contributed by atoms with van der Waals surface area (Å²) >= 11 is 0. The topological polar surface area (TPSA) is 46.1 Å². The lowest BCUT2D eigenvalue weighted by molar-refractivity contribution is -0.123. The minimum absolute atomic E-state index is 0.0332. The van der Waals surface area contributed by atoms with Gasteiger partial charge in [0, 0.05) is 29.7 Å². The number of amides is 1. The van der Waals surface area contributed by atoms with Gasteiger partial charge in [-0.2, -0.15) is 0 Å². The van der Waals surface area contributed by atoms with Crippen LogP contribution in [0.5, 0.6) is 0 Å². The van der Waals surface area contributed by atoms with Crippen molar-refractivity contribution in [2.45, 2.75) is 45.3 Å². The second kappa shape index (κ2) is 7.80. The number of benzene rings is 1. The molecule has 2 N–H and O–H groups in total. The number of carbonyl (C=O) groups excluding carboxylic acids is 1. The molecule has 0 saturated heterocycles. The summed E-state index contributed by atoms with van der Waals surface area (Å²) < 4.78 is 2.22. The Morgan fingerprint density at radius 2 is 2.35 bits per heavy atom. The minimum atomic E-state index is -0.290. The molecular formula is C22H27N3O. The van der Waals surface area contributed by atoms with Crippen molar-refractivity contribution >= 4 is 16.8 Å². The first-order chi connectivity index (χ1) is 12.5. The Morgan fingerprint density at radius 3 is 3.04 bits per heavy atom. The molecule has 3 rings (SSSR count). The molecule has 1 aromatic heterocycles. The van der Waals surface area contributed by atoms with Crippen LogP contribution in [0.4, 0.5) is 0 Å². The van der Waals surface area contributed by atoms with Crippen molar-refractivity contribution in [3.05, 3.63) is 48.2 Å². The van der Waals surface area contributed by atoms with Gasteiger partial charge >= 0.3 is 0 Å². The molecule has 2 atom stereocenters. The predicted octanol–water partition coefficient (Wildman–Crippen LogP) is 3.18. The highest BCUT2D eigenvalue weighted by atomic mass is 16.2. The fourth-order valence-corrected chi connectivity index (χ4v) is 3.91. The van der Waals surface area contributed by atoms with E-state index in [2.05, 4.69) is 65.9 Å². The van der Waals surface area contributed by atoms with E-state index in [1.165, 1.54) is 22.0 Å². The number of nitrogens with one attached hydrogen (secondary N) is 2. The summed E-state index contributed by atoms with van der Waals surface area (Å²) in [5, 5.41) is 7.70. The van der Waals surface area contributed by atoms with Gasteiger partial charge in [0.05, 0.1) is 12.6 Å². The van der Waals surface area contributed by atoms with Gasteiger partial charge in [-0.05, 0) is 36.0 Å². The molecule has 2 unspecified atom stereocenters. The van der Waals surface area contributed by atoms with Gasteiger partial charge in [-0.25, -0.2) is 0 Å². The number of aromatic nitrogens is 1. The van der Waals surface area contributed by atoms with E-state index in [1.54, 1.807) is 0 Å². The van der Waals surface area contributed by atoms with Crippen LogP contribution in [-0.2, 0) is 17.8 Å². The number of allylic oxidation sites excluding steroid dienone is 1. The number of nitrogens with zero attached hydrogens (tertiary/aromatic N) is 1. The van der Waals surface area contributed by atoms with Gasteiger partial charge in [-0.15, -0.1) is 13.0 Å². The zero-order valence-corrected chi connectivity index (χ0v) is 15.6. The van der Waals surface area contributed by atoms with Gasteiger partial charge in [0.2, 0.25) is 5.91 Å². The summed E-state index contributed by atoms with van der Waals surface area (Å²) in [5.41, 5.74) is 3.69. The van der Waals surface area contributed by atoms with E-state index in [-0.39, 0.29) is 24.5 Å². The molecule has 0 bridgehead atoms. The zero-order chi connectivity index (χ0) is 18.7. The maximum atomic E-state index is 12.7. The quantitative estimate of drug-likeness (QED) is 0.621. The smallest absolute Gasteiger partial charge is 0.238 e. The fourth-order valence-electron chi connectivity index (χ4n) is 3.91. The number of hydrogen-bond donors (Lipinski definition) is 2. The van der Waals surface area contributed by atoms with Crippen molar-refractivity contribution in [2.75, 3.05) is 6.54 Å². The summed E-state index contributed by atoms with van der Waals surface area (Å²) in [7, 11) is 0. The fraction of sp³-hybridized carbons (Fsp3) is 0.409. The molecule has 0 fully saturated rings. The van der Waals surface area contributed by atoms with Crippen LogP contribution in [0.3, 0.4) is 0 Å². The third-order valence-electron chi connectivity index (χ3n) is 4.93. The van der Waals surface area contributed by atoms with E-state index in [0.29, 0.717) is 12.3 Å². The molecule has 2 heterocycles. The van der Waals surface area contributed by atoms with Crippen molar-refractivity contribution < 1.29 is 4.79 Å². The number of terminal acetylenes is 1. The predicted molar refractivity (Wildman–Crippen MR) is 107 cm³/mol. The summed E-state index contributed by atoms with van der Waals surface area (Å²) in [4.78, 5) is 12.7. The Labute approximate surface area is 155 Å². The summed E-state index contributed by atoms with van der Waals surface area (Å²) in [6, 6.07) is 6.29. The second-order valence-electron chi connectivity index (χ2n) is 7.36. The van der Waals surface area contributed by atoms with Crippen LogP contribution >= 0.6 is 0 Å². The van der Waals surface area contributed by atoms with Crippen molar-refractivity contribution in [3.63, 3.8) is 0 Å². The first kappa shape index (κ1) is 18.3. The molecule has 4 heteroatoms. The van der Waals surface area contributed by atoms with Gasteiger partial charge in [0.15, 0.2) is 0 Å². The molecule has 0 spiro atoms. The summed E-state index contributed by atoms with van der Waals surface area (Å²) in [5.74, 6) is 2.97. The van der Waals surface area contributed by atoms with Crippen LogP contribution in [0.15, 0.2) is 37.1 Å². The normalized spacial score (nSPS) is 19.2. The van der Waals surface area contributed by atoms with Crippen molar-refractivity contribution in [1.29, 1.82) is 0 Å². The lowest BCUT2D eigenvalue weighted by Gasteiger charge is -2.25. The third-order valence-corrected chi connectivity index (χ3v) is 4.93. The van der Waals surface area contributed by atoms with E-state index in [4.69, 9.17) is 6.42 Å². The molecule has 4 nitrogen and oxygen atoms in total. The lowest BCUT2D eigenvalue weighted by Crippen LogP contribution is -2.46. The van der Waals surface area contributed by atoms with Gasteiger partial charge in [-0.3, -0.25) is 10.1 Å². The Balaban J connectivity index is 2.07. The summed E-state index contributed by atoms with van der Waals surface area (Å²) in [6.07, 6.45) is 11.0. The van der Waals surface area contributed by atoms with Gasteiger partial charge < -0.3 is 9.88 Å². The lowest BCUT2D eigenvalue weighted by atomic mass is 9.94. The van der Waals surface area contributed by atoms with Crippen LogP contribution in [-0.4, -0.2) is 23.1 Å². The van der Waals surface area contributed by atoms with Crippen LogP contribution in [0.25, 0.3) is 10.9 Å². The molecule has 1 aliphatic heterocycles. The Kier molecular flexibility index (Phi) is 5.49. The van der Waals surface area contributed by atoms with Crippen molar-refractivity contribution in [3.8, 4) is 12.3 Å². The van der Waals surface area contributed by atoms with E-state index < -0.39 is 0 Å². The monoisotopic (exact) mass is 349 g/mol. The first-order valence-electron chi connectivity index (χ1n) is 9.23. The van der Waals surface area contributed by atoms with E-state index in [0.717, 1.165) is 13.0 Å². The highest BCUT2D eigenvalue weighted by Crippen LogP contribution is 2.35. The zero-order valence-electron chi connectivity index (χ0n) is 15.6. The SMILES string of the molecule is C#CCNC(=O)C1Cc2cn(CC=C)c3cccc(c23)C(CC(C)C)N1. The van der Waals surface area contributed by atoms with Crippen LogP contribution < -0.4 is 10.6 Å². The standard InChI is InChI=1S/C22H27N3O/c1-5-10-23-22(26)19-13-16-14-25(11-6-2)20-9-7-8-17(21(16)20)18(24-19)12-15(3)4/h1,6-9,14-15,18-19,24H,2,10-13H2,3-4H3,(H,23,26). The Hall–Kier alpha value is -2.51. The Morgan fingerprint density at radius 1 is 1.54 bits per heavy atom. The van der Waals surface area contributed by atoms with Gasteiger partial charge in [0.1, 0.15) is 0 Å². The van der Waals surface area contributed by atoms with Gasteiger partial charge in [-0.1, -0.05) is 38.0 Å². The summed E-state index contributed by atoms with van der Waals surface area (Å²) in [6.45, 7) is 9.31. The largest absolute Gasteiger partial charge is 0.344 e. The highest BCUT2D eigenvalue weighted by molar-refractivity contribution is 5.90. The third kappa shape index (κ3) is 3.54. The van der Waals surface area contributed by atoms with Crippen LogP contribution in [0.1, 0.15) is 37.4 Å². The number of carbonyl (C=O) groups is 1. The molecule has 0 radical (unpaired) electrons. The first-order valence-corrected chi connectivity index (χ1v) is 9.23. The maximum Gasteiger partial charge on any atom is 0.238 e. The van der Waals surface area contributed by atoms with Crippen LogP contribution in [0, 0.1) is 18.3 Å². The molecular weight excluding hydrogens is 322 g/mol.